The Morgan fingerprint density at radius 3 is 2.94 bits per heavy atom. The Morgan fingerprint density at radius 2 is 2.19 bits per heavy atom. The molecule has 1 aliphatic heterocycles. The molecule has 0 aromatic carbocycles. The lowest BCUT2D eigenvalue weighted by atomic mass is 10.1. The number of pyridine rings is 2. The molecule has 32 heavy (non-hydrogen) atoms. The highest BCUT2D eigenvalue weighted by molar-refractivity contribution is 9.10. The minimum Gasteiger partial charge on any atom is -0.376 e. The van der Waals surface area contributed by atoms with E-state index in [0.29, 0.717) is 33.7 Å². The Morgan fingerprint density at radius 1 is 1.38 bits per heavy atom. The van der Waals surface area contributed by atoms with Gasteiger partial charge in [-0.1, -0.05) is 6.07 Å². The number of aliphatic hydroxyl groups excluding tert-OH is 1. The first-order chi connectivity index (χ1) is 15.3. The van der Waals surface area contributed by atoms with Crippen molar-refractivity contribution in [1.29, 1.82) is 0 Å². The van der Waals surface area contributed by atoms with Crippen molar-refractivity contribution in [3.8, 4) is 0 Å². The molecule has 0 spiro atoms. The fraction of sp³-hybridized carbons (Fsp3) is 0.381. The second kappa shape index (κ2) is 7.91. The molecule has 4 N–H and O–H groups in total. The van der Waals surface area contributed by atoms with Crippen LogP contribution in [-0.4, -0.2) is 59.9 Å². The van der Waals surface area contributed by atoms with Crippen molar-refractivity contribution in [2.75, 3.05) is 5.32 Å². The average Bonchev–Trinajstić information content (AvgIpc) is 3.25. The van der Waals surface area contributed by atoms with Gasteiger partial charge in [0.1, 0.15) is 16.6 Å². The van der Waals surface area contributed by atoms with Gasteiger partial charge >= 0.3 is 0 Å². The van der Waals surface area contributed by atoms with E-state index in [0.717, 1.165) is 12.1 Å². The van der Waals surface area contributed by atoms with Crippen molar-refractivity contribution in [2.24, 2.45) is 11.7 Å². The topological polar surface area (TPSA) is 139 Å². The first-order valence-electron chi connectivity index (χ1n) is 10.3. The zero-order valence-corrected chi connectivity index (χ0v) is 18.9. The maximum atomic E-state index is 13.0. The quantitative estimate of drug-likeness (QED) is 0.435. The summed E-state index contributed by atoms with van der Waals surface area (Å²) < 4.78 is 2.16. The third kappa shape index (κ3) is 3.76. The Bertz CT molecular complexity index is 1230. The number of carbonyl (C=O) groups excluding carboxylic acids is 2. The standard InChI is InChI=1S/C21H22BrN7O3/c1-10-5-12-15(8-24-10)28(27-19(12)20(23)31)9-18(30)29-13-6-11(13)7-14(29)21(32)26-17-4-2-3-16(22)25-17/h2-5,8,11,13-14,18,30H,6-7,9H2,1H3,(H2,23,31)(H,25,26,32)/t11-,13-,14+,18?/m1/s1. The molecule has 3 aromatic heterocycles. The van der Waals surface area contributed by atoms with Gasteiger partial charge in [-0.15, -0.1) is 0 Å². The molecular weight excluding hydrogens is 478 g/mol. The molecule has 3 aromatic rings. The molecule has 0 bridgehead atoms. The number of halogens is 1. The van der Waals surface area contributed by atoms with E-state index in [4.69, 9.17) is 5.73 Å². The van der Waals surface area contributed by atoms with Crippen LogP contribution in [0.4, 0.5) is 5.82 Å². The minimum atomic E-state index is -0.969. The van der Waals surface area contributed by atoms with Crippen LogP contribution in [0.15, 0.2) is 35.1 Å². The highest BCUT2D eigenvalue weighted by Crippen LogP contribution is 2.49. The molecule has 1 saturated carbocycles. The normalized spacial score (nSPS) is 23.2. The van der Waals surface area contributed by atoms with Crippen molar-refractivity contribution >= 4 is 44.5 Å². The Labute approximate surface area is 191 Å². The fourth-order valence-corrected chi connectivity index (χ4v) is 4.94. The molecule has 166 valence electrons. The van der Waals surface area contributed by atoms with E-state index in [9.17, 15) is 14.7 Å². The van der Waals surface area contributed by atoms with E-state index in [1.54, 1.807) is 30.5 Å². The molecule has 1 saturated heterocycles. The molecule has 10 nitrogen and oxygen atoms in total. The number of carbonyl (C=O) groups is 2. The van der Waals surface area contributed by atoms with Gasteiger partial charge in [0.15, 0.2) is 5.69 Å². The van der Waals surface area contributed by atoms with Crippen LogP contribution in [0.25, 0.3) is 10.9 Å². The minimum absolute atomic E-state index is 0.0800. The lowest BCUT2D eigenvalue weighted by molar-refractivity contribution is -0.126. The SMILES string of the molecule is Cc1cc2c(C(N)=O)nn(CC(O)N3[C@@H]4C[C@@H]4C[C@H]3C(=O)Nc3cccc(Br)n3)c2cn1. The lowest BCUT2D eigenvalue weighted by Crippen LogP contribution is -2.49. The van der Waals surface area contributed by atoms with Crippen LogP contribution >= 0.6 is 15.9 Å². The van der Waals surface area contributed by atoms with E-state index in [2.05, 4.69) is 36.3 Å². The molecule has 5 rings (SSSR count). The number of piperidine rings is 1. The molecule has 1 aliphatic carbocycles. The number of primary amides is 1. The summed E-state index contributed by atoms with van der Waals surface area (Å²) in [7, 11) is 0. The van der Waals surface area contributed by atoms with Gasteiger partial charge in [-0.2, -0.15) is 5.10 Å². The number of fused-ring (bicyclic) bond motifs is 2. The first kappa shape index (κ1) is 21.0. The number of anilines is 1. The Hall–Kier alpha value is -2.89. The molecule has 0 radical (unpaired) electrons. The number of nitrogens with two attached hydrogens (primary N) is 1. The summed E-state index contributed by atoms with van der Waals surface area (Å²) in [5.74, 6) is -0.0148. The second-order valence-electron chi connectivity index (χ2n) is 8.32. The van der Waals surface area contributed by atoms with Gasteiger partial charge in [0.25, 0.3) is 5.91 Å². The number of hydrogen-bond donors (Lipinski definition) is 3. The van der Waals surface area contributed by atoms with Crippen LogP contribution in [-0.2, 0) is 11.3 Å². The summed E-state index contributed by atoms with van der Waals surface area (Å²) in [5, 5.41) is 18.9. The number of aryl methyl sites for hydroxylation is 1. The summed E-state index contributed by atoms with van der Waals surface area (Å²) in [6.07, 6.45) is 2.27. The zero-order chi connectivity index (χ0) is 22.6. The summed E-state index contributed by atoms with van der Waals surface area (Å²) in [6, 6.07) is 6.71. The number of nitrogens with one attached hydrogen (secondary N) is 1. The maximum Gasteiger partial charge on any atom is 0.269 e. The number of likely N-dealkylation sites (tertiary alicyclic amines) is 1. The molecule has 11 heteroatoms. The van der Waals surface area contributed by atoms with Crippen molar-refractivity contribution < 1.29 is 14.7 Å². The van der Waals surface area contributed by atoms with E-state index in [1.165, 1.54) is 4.68 Å². The Balaban J connectivity index is 1.38. The summed E-state index contributed by atoms with van der Waals surface area (Å²) in [4.78, 5) is 35.2. The van der Waals surface area contributed by atoms with Crippen LogP contribution in [0.1, 0.15) is 29.0 Å². The highest BCUT2D eigenvalue weighted by Gasteiger charge is 2.56. The number of hydrogen-bond acceptors (Lipinski definition) is 7. The predicted octanol–water partition coefficient (Wildman–Crippen LogP) is 1.42. The van der Waals surface area contributed by atoms with Gasteiger partial charge in [-0.05, 0) is 59.8 Å². The maximum absolute atomic E-state index is 13.0. The fourth-order valence-electron chi connectivity index (χ4n) is 4.59. The number of aliphatic hydroxyl groups is 1. The molecule has 2 aliphatic rings. The number of amides is 2. The van der Waals surface area contributed by atoms with Crippen LogP contribution in [0.2, 0.25) is 0 Å². The molecule has 4 heterocycles. The lowest BCUT2D eigenvalue weighted by Gasteiger charge is -2.31. The third-order valence-electron chi connectivity index (χ3n) is 6.11. The van der Waals surface area contributed by atoms with Crippen molar-refractivity contribution in [1.82, 2.24) is 24.6 Å². The van der Waals surface area contributed by atoms with E-state index >= 15 is 0 Å². The van der Waals surface area contributed by atoms with Crippen LogP contribution in [0, 0.1) is 12.8 Å². The van der Waals surface area contributed by atoms with Gasteiger partial charge < -0.3 is 16.2 Å². The smallest absolute Gasteiger partial charge is 0.269 e. The highest BCUT2D eigenvalue weighted by atomic mass is 79.9. The van der Waals surface area contributed by atoms with Gasteiger partial charge in [0.2, 0.25) is 5.91 Å². The number of rotatable bonds is 6. The molecule has 2 amide bonds. The van der Waals surface area contributed by atoms with E-state index in [1.807, 2.05) is 11.8 Å². The van der Waals surface area contributed by atoms with Gasteiger partial charge in [0.05, 0.1) is 24.3 Å². The van der Waals surface area contributed by atoms with Crippen molar-refractivity contribution in [3.63, 3.8) is 0 Å². The van der Waals surface area contributed by atoms with Gasteiger partial charge in [-0.25, -0.2) is 4.98 Å². The molecule has 1 unspecified atom stereocenters. The van der Waals surface area contributed by atoms with Crippen LogP contribution in [0.5, 0.6) is 0 Å². The van der Waals surface area contributed by atoms with Crippen molar-refractivity contribution in [2.45, 2.75) is 44.6 Å². The largest absolute Gasteiger partial charge is 0.376 e. The predicted molar refractivity (Wildman–Crippen MR) is 119 cm³/mol. The summed E-state index contributed by atoms with van der Waals surface area (Å²) in [5.41, 5.74) is 6.98. The Kier molecular flexibility index (Phi) is 5.19. The molecule has 4 atom stereocenters. The summed E-state index contributed by atoms with van der Waals surface area (Å²) >= 11 is 3.30. The van der Waals surface area contributed by atoms with Crippen molar-refractivity contribution in [3.05, 3.63) is 46.5 Å². The number of aromatic nitrogens is 4. The monoisotopic (exact) mass is 499 g/mol. The van der Waals surface area contributed by atoms with Crippen LogP contribution in [0.3, 0.4) is 0 Å². The van der Waals surface area contributed by atoms with Crippen LogP contribution < -0.4 is 11.1 Å². The van der Waals surface area contributed by atoms with E-state index in [-0.39, 0.29) is 24.2 Å². The zero-order valence-electron chi connectivity index (χ0n) is 17.3. The molecule has 2 fully saturated rings. The van der Waals surface area contributed by atoms with E-state index < -0.39 is 18.2 Å². The average molecular weight is 500 g/mol. The van der Waals surface area contributed by atoms with Gasteiger partial charge in [0, 0.05) is 17.1 Å². The molecular formula is C21H22BrN7O3. The first-order valence-corrected chi connectivity index (χ1v) is 11.1. The number of nitrogens with zero attached hydrogens (tertiary/aromatic N) is 5. The third-order valence-corrected chi connectivity index (χ3v) is 6.55. The second-order valence-corrected chi connectivity index (χ2v) is 9.13. The summed E-state index contributed by atoms with van der Waals surface area (Å²) in [6.45, 7) is 1.90. The van der Waals surface area contributed by atoms with Gasteiger partial charge in [-0.3, -0.25) is 24.2 Å².